The van der Waals surface area contributed by atoms with Gasteiger partial charge in [-0.1, -0.05) is 18.2 Å². The summed E-state index contributed by atoms with van der Waals surface area (Å²) in [5.74, 6) is -0.475. The molecule has 0 radical (unpaired) electrons. The van der Waals surface area contributed by atoms with Gasteiger partial charge in [0.15, 0.2) is 5.96 Å². The van der Waals surface area contributed by atoms with Gasteiger partial charge in [0.05, 0.1) is 5.41 Å². The number of pyridine rings is 1. The van der Waals surface area contributed by atoms with Gasteiger partial charge >= 0.3 is 0 Å². The number of guanidine groups is 1. The summed E-state index contributed by atoms with van der Waals surface area (Å²) in [4.78, 5) is 23.0. The molecule has 142 valence electrons. The average Bonchev–Trinajstić information content (AvgIpc) is 2.65. The molecule has 2 aromatic rings. The van der Waals surface area contributed by atoms with Gasteiger partial charge in [0, 0.05) is 24.5 Å². The molecular formula is C21H25FN4O. The number of amides is 1. The van der Waals surface area contributed by atoms with E-state index in [2.05, 4.69) is 9.98 Å². The van der Waals surface area contributed by atoms with Crippen LogP contribution in [0.3, 0.4) is 0 Å². The Morgan fingerprint density at radius 3 is 2.56 bits per heavy atom. The summed E-state index contributed by atoms with van der Waals surface area (Å²) in [6.07, 6.45) is 3.23. The summed E-state index contributed by atoms with van der Waals surface area (Å²) >= 11 is 0. The number of benzene rings is 1. The first-order valence-electron chi connectivity index (χ1n) is 8.99. The van der Waals surface area contributed by atoms with E-state index in [1.807, 2.05) is 18.2 Å². The molecule has 1 atom stereocenters. The maximum Gasteiger partial charge on any atom is 0.237 e. The van der Waals surface area contributed by atoms with E-state index in [0.717, 1.165) is 17.7 Å². The van der Waals surface area contributed by atoms with Crippen molar-refractivity contribution in [2.45, 2.75) is 39.2 Å². The van der Waals surface area contributed by atoms with Crippen LogP contribution in [-0.4, -0.2) is 28.8 Å². The molecule has 0 unspecified atom stereocenters. The quantitative estimate of drug-likeness (QED) is 0.902. The highest BCUT2D eigenvalue weighted by Gasteiger charge is 2.53. The number of nitrogens with two attached hydrogens (primary N) is 1. The molecule has 0 spiro atoms. The normalized spacial score (nSPS) is 21.9. The van der Waals surface area contributed by atoms with Crippen LogP contribution in [0.1, 0.15) is 37.6 Å². The number of halogens is 1. The molecule has 0 bridgehead atoms. The van der Waals surface area contributed by atoms with Crippen LogP contribution in [0.4, 0.5) is 4.39 Å². The Morgan fingerprint density at radius 1 is 1.15 bits per heavy atom. The number of carbonyl (C=O) groups excluding carboxylic acids is 1. The number of hydrogen-bond donors (Lipinski definition) is 1. The first-order chi connectivity index (χ1) is 12.7. The van der Waals surface area contributed by atoms with Crippen molar-refractivity contribution >= 4 is 11.9 Å². The minimum absolute atomic E-state index is 0.0973. The Balaban J connectivity index is 1.99. The van der Waals surface area contributed by atoms with Gasteiger partial charge < -0.3 is 5.73 Å². The first kappa shape index (κ1) is 19.0. The van der Waals surface area contributed by atoms with E-state index in [-0.39, 0.29) is 17.7 Å². The third kappa shape index (κ3) is 3.20. The Morgan fingerprint density at radius 2 is 1.89 bits per heavy atom. The van der Waals surface area contributed by atoms with Crippen molar-refractivity contribution in [1.29, 1.82) is 0 Å². The van der Waals surface area contributed by atoms with Crippen molar-refractivity contribution < 1.29 is 9.18 Å². The third-order valence-corrected chi connectivity index (χ3v) is 5.69. The van der Waals surface area contributed by atoms with Crippen LogP contribution in [0.25, 0.3) is 0 Å². The summed E-state index contributed by atoms with van der Waals surface area (Å²) in [5, 5.41) is 0. The van der Waals surface area contributed by atoms with Gasteiger partial charge in [0.1, 0.15) is 11.4 Å². The molecule has 1 aromatic heterocycles. The van der Waals surface area contributed by atoms with Gasteiger partial charge in [-0.15, -0.1) is 0 Å². The van der Waals surface area contributed by atoms with Crippen LogP contribution in [-0.2, 0) is 23.2 Å². The Hall–Kier alpha value is -2.76. The molecule has 6 heteroatoms. The van der Waals surface area contributed by atoms with Crippen LogP contribution >= 0.6 is 0 Å². The molecule has 0 saturated carbocycles. The van der Waals surface area contributed by atoms with Gasteiger partial charge in [0.25, 0.3) is 0 Å². The summed E-state index contributed by atoms with van der Waals surface area (Å²) in [5.41, 5.74) is 6.25. The first-order valence-corrected chi connectivity index (χ1v) is 8.99. The third-order valence-electron chi connectivity index (χ3n) is 5.69. The second kappa shape index (κ2) is 6.76. The second-order valence-corrected chi connectivity index (χ2v) is 7.67. The maximum absolute atomic E-state index is 14.8. The second-order valence-electron chi connectivity index (χ2n) is 7.67. The largest absolute Gasteiger partial charge is 0.369 e. The van der Waals surface area contributed by atoms with E-state index in [1.165, 1.54) is 11.0 Å². The van der Waals surface area contributed by atoms with Crippen molar-refractivity contribution in [3.8, 4) is 0 Å². The minimum atomic E-state index is -1.09. The summed E-state index contributed by atoms with van der Waals surface area (Å²) in [6.45, 7) is 5.33. The van der Waals surface area contributed by atoms with Crippen LogP contribution in [0.15, 0.2) is 47.6 Å². The lowest BCUT2D eigenvalue weighted by Gasteiger charge is -2.46. The Labute approximate surface area is 159 Å². The summed E-state index contributed by atoms with van der Waals surface area (Å²) < 4.78 is 14.8. The average molecular weight is 368 g/mol. The molecule has 5 nitrogen and oxygen atoms in total. The molecule has 0 saturated heterocycles. The molecule has 27 heavy (non-hydrogen) atoms. The van der Waals surface area contributed by atoms with Gasteiger partial charge in [-0.3, -0.25) is 14.7 Å². The number of aliphatic imine (C=N–C) groups is 1. The SMILES string of the molecule is CN1C(=O)C(C)(C)[C@@](C)(c2cc(CCc3ccccn3)ccc2F)N=C1N. The van der Waals surface area contributed by atoms with Crippen LogP contribution < -0.4 is 5.73 Å². The predicted molar refractivity (Wildman–Crippen MR) is 104 cm³/mol. The number of aromatic nitrogens is 1. The zero-order valence-electron chi connectivity index (χ0n) is 16.2. The number of aryl methyl sites for hydroxylation is 2. The number of nitrogens with zero attached hydrogens (tertiary/aromatic N) is 3. The highest BCUT2D eigenvalue weighted by Crippen LogP contribution is 2.47. The molecule has 1 amide bonds. The van der Waals surface area contributed by atoms with Crippen molar-refractivity contribution in [3.05, 3.63) is 65.2 Å². The molecule has 2 N–H and O–H groups in total. The van der Waals surface area contributed by atoms with Crippen molar-refractivity contribution in [1.82, 2.24) is 9.88 Å². The van der Waals surface area contributed by atoms with Crippen LogP contribution in [0.5, 0.6) is 0 Å². The highest BCUT2D eigenvalue weighted by molar-refractivity contribution is 6.01. The van der Waals surface area contributed by atoms with Crippen molar-refractivity contribution in [2.24, 2.45) is 16.1 Å². The molecule has 3 rings (SSSR count). The molecule has 1 aromatic carbocycles. The summed E-state index contributed by atoms with van der Waals surface area (Å²) in [7, 11) is 1.59. The van der Waals surface area contributed by atoms with E-state index >= 15 is 0 Å². The number of carbonyl (C=O) groups is 1. The zero-order valence-corrected chi connectivity index (χ0v) is 16.2. The lowest BCUT2D eigenvalue weighted by atomic mass is 9.67. The van der Waals surface area contributed by atoms with Gasteiger partial charge in [0.2, 0.25) is 5.91 Å². The van der Waals surface area contributed by atoms with Crippen LogP contribution in [0.2, 0.25) is 0 Å². The van der Waals surface area contributed by atoms with Gasteiger partial charge in [-0.25, -0.2) is 9.38 Å². The lowest BCUT2D eigenvalue weighted by molar-refractivity contribution is -0.140. The van der Waals surface area contributed by atoms with Crippen molar-refractivity contribution in [2.75, 3.05) is 7.05 Å². The van der Waals surface area contributed by atoms with E-state index in [4.69, 9.17) is 5.73 Å². The van der Waals surface area contributed by atoms with Crippen molar-refractivity contribution in [3.63, 3.8) is 0 Å². The fraction of sp³-hybridized carbons (Fsp3) is 0.381. The standard InChI is InChI=1S/C21H25FN4O/c1-20(2)18(27)26(4)19(23)25-21(20,3)16-13-14(9-11-17(16)22)8-10-15-7-5-6-12-24-15/h5-7,9,11-13H,8,10H2,1-4H3,(H2,23,25)/t21-/m1/s1. The fourth-order valence-electron chi connectivity index (χ4n) is 3.49. The number of hydrogen-bond acceptors (Lipinski definition) is 4. The predicted octanol–water partition coefficient (Wildman–Crippen LogP) is 3.03. The topological polar surface area (TPSA) is 71.6 Å². The maximum atomic E-state index is 14.8. The Kier molecular flexibility index (Phi) is 4.76. The van der Waals surface area contributed by atoms with Gasteiger partial charge in [-0.2, -0.15) is 0 Å². The Bertz CT molecular complexity index is 894. The van der Waals surface area contributed by atoms with E-state index in [0.29, 0.717) is 12.0 Å². The highest BCUT2D eigenvalue weighted by atomic mass is 19.1. The fourth-order valence-corrected chi connectivity index (χ4v) is 3.49. The molecule has 1 aliphatic rings. The van der Waals surface area contributed by atoms with E-state index in [1.54, 1.807) is 46.1 Å². The smallest absolute Gasteiger partial charge is 0.237 e. The van der Waals surface area contributed by atoms with Crippen LogP contribution in [0, 0.1) is 11.2 Å². The summed E-state index contributed by atoms with van der Waals surface area (Å²) in [6, 6.07) is 10.8. The minimum Gasteiger partial charge on any atom is -0.369 e. The molecule has 0 fully saturated rings. The molecule has 2 heterocycles. The number of rotatable bonds is 4. The lowest BCUT2D eigenvalue weighted by Crippen LogP contribution is -2.58. The van der Waals surface area contributed by atoms with Gasteiger partial charge in [-0.05, 0) is 57.4 Å². The van der Waals surface area contributed by atoms with E-state index < -0.39 is 11.0 Å². The zero-order chi connectivity index (χ0) is 19.8. The molecule has 1 aliphatic heterocycles. The molecular weight excluding hydrogens is 343 g/mol. The van der Waals surface area contributed by atoms with E-state index in [9.17, 15) is 9.18 Å². The molecule has 0 aliphatic carbocycles. The monoisotopic (exact) mass is 368 g/mol.